The van der Waals surface area contributed by atoms with Crippen molar-refractivity contribution in [2.24, 2.45) is 0 Å². The maximum Gasteiger partial charge on any atom is 0.374 e. The maximum absolute atomic E-state index is 12.6. The molecule has 32 heavy (non-hydrogen) atoms. The Kier molecular flexibility index (Phi) is 4.90. The Balaban J connectivity index is 2.16. The van der Waals surface area contributed by atoms with E-state index < -0.39 is 45.8 Å². The van der Waals surface area contributed by atoms with E-state index in [2.05, 4.69) is 9.47 Å². The van der Waals surface area contributed by atoms with Crippen molar-refractivity contribution >= 4 is 33.9 Å². The fourth-order valence-electron chi connectivity index (χ4n) is 3.32. The molecule has 0 spiro atoms. The Labute approximate surface area is 177 Å². The summed E-state index contributed by atoms with van der Waals surface area (Å²) in [6.45, 7) is 0. The summed E-state index contributed by atoms with van der Waals surface area (Å²) in [4.78, 5) is 49.0. The first-order valence-corrected chi connectivity index (χ1v) is 9.03. The molecule has 10 nitrogen and oxygen atoms in total. The molecule has 0 saturated carbocycles. The van der Waals surface area contributed by atoms with Gasteiger partial charge in [0.25, 0.3) is 0 Å². The number of aromatic hydroxyl groups is 2. The van der Waals surface area contributed by atoms with Crippen molar-refractivity contribution < 1.29 is 38.1 Å². The first-order chi connectivity index (χ1) is 15.3. The lowest BCUT2D eigenvalue weighted by Gasteiger charge is -2.11. The second-order valence-electron chi connectivity index (χ2n) is 6.61. The number of carbonyl (C=O) groups is 2. The van der Waals surface area contributed by atoms with Gasteiger partial charge in [-0.3, -0.25) is 9.59 Å². The highest BCUT2D eigenvalue weighted by atomic mass is 16.5. The number of phenolic OH excluding ortho intramolecular Hbond substituents is 2. The minimum atomic E-state index is -0.923. The van der Waals surface area contributed by atoms with E-state index >= 15 is 0 Å². The predicted octanol–water partition coefficient (Wildman–Crippen LogP) is 2.55. The van der Waals surface area contributed by atoms with Crippen molar-refractivity contribution in [2.75, 3.05) is 14.2 Å². The lowest BCUT2D eigenvalue weighted by molar-refractivity contribution is 0.0557. The Hall–Kier alpha value is -4.60. The molecule has 0 bridgehead atoms. The van der Waals surface area contributed by atoms with E-state index in [0.717, 1.165) is 26.4 Å². The first kappa shape index (κ1) is 20.7. The molecule has 0 aliphatic carbocycles. The van der Waals surface area contributed by atoms with Crippen molar-refractivity contribution in [3.63, 3.8) is 0 Å². The highest BCUT2D eigenvalue weighted by molar-refractivity contribution is 6.05. The topological polar surface area (TPSA) is 153 Å². The molecule has 0 fully saturated rings. The Bertz CT molecular complexity index is 1420. The summed E-state index contributed by atoms with van der Waals surface area (Å²) in [5.41, 5.74) is -1.56. The van der Waals surface area contributed by atoms with Gasteiger partial charge in [0.15, 0.2) is 22.0 Å². The van der Waals surface area contributed by atoms with Gasteiger partial charge in [0.2, 0.25) is 11.5 Å². The number of esters is 2. The number of benzene rings is 2. The number of ether oxygens (including phenoxy) is 2. The van der Waals surface area contributed by atoms with Crippen LogP contribution in [0.15, 0.2) is 54.8 Å². The molecule has 4 rings (SSSR count). The minimum Gasteiger partial charge on any atom is -0.507 e. The molecule has 2 heterocycles. The molecule has 0 radical (unpaired) electrons. The lowest BCUT2D eigenvalue weighted by Crippen LogP contribution is -2.10. The zero-order chi connectivity index (χ0) is 23.2. The highest BCUT2D eigenvalue weighted by Crippen LogP contribution is 2.38. The SMILES string of the molecule is COC(=O)c1cc(=O)c2c(O)ccc(-c3ccc(O)c4c(=O)cc(C(=O)OC)oc34)c2o1. The third kappa shape index (κ3) is 3.14. The Morgan fingerprint density at radius 3 is 1.44 bits per heavy atom. The van der Waals surface area contributed by atoms with Crippen LogP contribution < -0.4 is 10.9 Å². The fraction of sp³-hybridized carbons (Fsp3) is 0.0909. The van der Waals surface area contributed by atoms with Gasteiger partial charge in [-0.05, 0) is 24.3 Å². The number of carbonyl (C=O) groups excluding carboxylic acids is 2. The van der Waals surface area contributed by atoms with Gasteiger partial charge in [-0.2, -0.15) is 0 Å². The zero-order valence-electron chi connectivity index (χ0n) is 16.6. The summed E-state index contributed by atoms with van der Waals surface area (Å²) in [6.07, 6.45) is 0. The lowest BCUT2D eigenvalue weighted by atomic mass is 9.99. The smallest absolute Gasteiger partial charge is 0.374 e. The van der Waals surface area contributed by atoms with Crippen LogP contribution in [0.5, 0.6) is 11.5 Å². The molecule has 4 aromatic rings. The molecule has 0 aliphatic rings. The van der Waals surface area contributed by atoms with Gasteiger partial charge in [-0.1, -0.05) is 0 Å². The van der Waals surface area contributed by atoms with Gasteiger partial charge in [-0.25, -0.2) is 9.59 Å². The van der Waals surface area contributed by atoms with Crippen LogP contribution >= 0.6 is 0 Å². The van der Waals surface area contributed by atoms with Crippen molar-refractivity contribution in [2.45, 2.75) is 0 Å². The number of methoxy groups -OCH3 is 2. The standard InChI is InChI=1S/C22H14O10/c1-29-21(27)15-7-13(25)17-11(23)5-3-9(19(17)31-15)10-4-6-12(24)18-14(26)8-16(22(28)30-2)32-20(10)18/h3-8,23-24H,1-2H3. The minimum absolute atomic E-state index is 0.135. The quantitative estimate of drug-likeness (QED) is 0.456. The second kappa shape index (κ2) is 7.58. The number of hydrogen-bond acceptors (Lipinski definition) is 10. The van der Waals surface area contributed by atoms with E-state index in [1.165, 1.54) is 24.3 Å². The molecular weight excluding hydrogens is 424 g/mol. The zero-order valence-corrected chi connectivity index (χ0v) is 16.6. The summed E-state index contributed by atoms with van der Waals surface area (Å²) in [5.74, 6) is -3.50. The molecule has 10 heteroatoms. The third-order valence-corrected chi connectivity index (χ3v) is 4.78. The summed E-state index contributed by atoms with van der Waals surface area (Å²) in [5, 5.41) is 20.0. The predicted molar refractivity (Wildman–Crippen MR) is 110 cm³/mol. The molecule has 0 aliphatic heterocycles. The van der Waals surface area contributed by atoms with Gasteiger partial charge < -0.3 is 28.5 Å². The van der Waals surface area contributed by atoms with E-state index in [1.54, 1.807) is 0 Å². The van der Waals surface area contributed by atoms with Crippen LogP contribution in [0.25, 0.3) is 33.1 Å². The molecule has 0 atom stereocenters. The molecule has 2 aromatic carbocycles. The number of rotatable bonds is 3. The van der Waals surface area contributed by atoms with Gasteiger partial charge in [0.1, 0.15) is 22.3 Å². The number of fused-ring (bicyclic) bond motifs is 2. The van der Waals surface area contributed by atoms with Crippen LogP contribution in [0.3, 0.4) is 0 Å². The summed E-state index contributed by atoms with van der Waals surface area (Å²) in [7, 11) is 2.21. The molecule has 2 aromatic heterocycles. The van der Waals surface area contributed by atoms with Crippen LogP contribution in [0.4, 0.5) is 0 Å². The normalized spacial score (nSPS) is 10.9. The van der Waals surface area contributed by atoms with Gasteiger partial charge in [0, 0.05) is 23.3 Å². The number of hydrogen-bond donors (Lipinski definition) is 2. The summed E-state index contributed by atoms with van der Waals surface area (Å²) in [6, 6.07) is 6.90. The number of phenols is 2. The van der Waals surface area contributed by atoms with Crippen LogP contribution in [0.1, 0.15) is 21.1 Å². The fourth-order valence-corrected chi connectivity index (χ4v) is 3.32. The van der Waals surface area contributed by atoms with Crippen LogP contribution in [0.2, 0.25) is 0 Å². The van der Waals surface area contributed by atoms with Crippen molar-refractivity contribution in [1.82, 2.24) is 0 Å². The highest BCUT2D eigenvalue weighted by Gasteiger charge is 2.23. The van der Waals surface area contributed by atoms with Gasteiger partial charge in [-0.15, -0.1) is 0 Å². The third-order valence-electron chi connectivity index (χ3n) is 4.78. The van der Waals surface area contributed by atoms with Crippen molar-refractivity contribution in [3.05, 3.63) is 68.4 Å². The van der Waals surface area contributed by atoms with E-state index in [0.29, 0.717) is 0 Å². The van der Waals surface area contributed by atoms with E-state index in [1.807, 2.05) is 0 Å². The van der Waals surface area contributed by atoms with Crippen LogP contribution in [-0.2, 0) is 9.47 Å². The van der Waals surface area contributed by atoms with E-state index in [9.17, 15) is 29.4 Å². The molecule has 162 valence electrons. The summed E-state index contributed by atoms with van der Waals surface area (Å²) < 4.78 is 20.3. The van der Waals surface area contributed by atoms with E-state index in [4.69, 9.17) is 8.83 Å². The monoisotopic (exact) mass is 438 g/mol. The largest absolute Gasteiger partial charge is 0.507 e. The Morgan fingerprint density at radius 1 is 0.719 bits per heavy atom. The van der Waals surface area contributed by atoms with Crippen molar-refractivity contribution in [1.29, 1.82) is 0 Å². The van der Waals surface area contributed by atoms with E-state index in [-0.39, 0.29) is 33.1 Å². The summed E-state index contributed by atoms with van der Waals surface area (Å²) >= 11 is 0. The first-order valence-electron chi connectivity index (χ1n) is 9.03. The van der Waals surface area contributed by atoms with Crippen molar-refractivity contribution in [3.8, 4) is 22.6 Å². The van der Waals surface area contributed by atoms with Gasteiger partial charge >= 0.3 is 11.9 Å². The maximum atomic E-state index is 12.6. The average Bonchev–Trinajstić information content (AvgIpc) is 2.78. The van der Waals surface area contributed by atoms with Crippen LogP contribution in [-0.4, -0.2) is 36.4 Å². The molecule has 0 saturated heterocycles. The molecule has 2 N–H and O–H groups in total. The average molecular weight is 438 g/mol. The molecule has 0 unspecified atom stereocenters. The second-order valence-corrected chi connectivity index (χ2v) is 6.61. The van der Waals surface area contributed by atoms with Crippen LogP contribution in [0, 0.1) is 0 Å². The molecule has 0 amide bonds. The molecular formula is C22H14O10. The Morgan fingerprint density at radius 2 is 1.09 bits per heavy atom. The van der Waals surface area contributed by atoms with Gasteiger partial charge in [0.05, 0.1) is 14.2 Å².